The van der Waals surface area contributed by atoms with Crippen LogP contribution in [0.15, 0.2) is 48.5 Å². The molecule has 0 aromatic heterocycles. The summed E-state index contributed by atoms with van der Waals surface area (Å²) in [6, 6.07) is 13.5. The maximum atomic E-state index is 13.9. The van der Waals surface area contributed by atoms with Crippen molar-refractivity contribution in [2.45, 2.75) is 26.4 Å². The molecule has 1 aliphatic rings. The summed E-state index contributed by atoms with van der Waals surface area (Å²) < 4.78 is 19.7. The lowest BCUT2D eigenvalue weighted by atomic mass is 10.2. The molecule has 2 aromatic rings. The van der Waals surface area contributed by atoms with Gasteiger partial charge < -0.3 is 14.5 Å². The molecule has 5 nitrogen and oxygen atoms in total. The molecule has 1 aliphatic heterocycles. The molecule has 1 fully saturated rings. The van der Waals surface area contributed by atoms with Crippen LogP contribution in [0.2, 0.25) is 0 Å². The number of hydrogen-bond donors (Lipinski definition) is 0. The number of ether oxygens (including phenoxy) is 1. The lowest BCUT2D eigenvalue weighted by Gasteiger charge is -2.25. The normalized spacial score (nSPS) is 15.7. The maximum Gasteiger partial charge on any atom is 0.263 e. The van der Waals surface area contributed by atoms with Crippen molar-refractivity contribution in [3.63, 3.8) is 0 Å². The highest BCUT2D eigenvalue weighted by Crippen LogP contribution is 2.16. The van der Waals surface area contributed by atoms with E-state index >= 15 is 0 Å². The Kier molecular flexibility index (Phi) is 6.29. The van der Waals surface area contributed by atoms with E-state index in [1.807, 2.05) is 31.2 Å². The Bertz CT molecular complexity index is 838. The third-order valence-electron chi connectivity index (χ3n) is 4.88. The summed E-state index contributed by atoms with van der Waals surface area (Å²) >= 11 is 0. The lowest BCUT2D eigenvalue weighted by Crippen LogP contribution is -2.43. The highest BCUT2D eigenvalue weighted by Gasteiger charge is 2.27. The molecule has 0 spiro atoms. The number of carbonyl (C=O) groups excluding carboxylic acids is 2. The van der Waals surface area contributed by atoms with Crippen LogP contribution in [0.1, 0.15) is 29.3 Å². The first-order valence-corrected chi connectivity index (χ1v) is 9.51. The van der Waals surface area contributed by atoms with Gasteiger partial charge in [-0.2, -0.15) is 0 Å². The van der Waals surface area contributed by atoms with E-state index in [1.165, 1.54) is 12.1 Å². The number of rotatable bonds is 4. The Hall–Kier alpha value is -2.89. The second-order valence-corrected chi connectivity index (χ2v) is 7.02. The average molecular weight is 384 g/mol. The quantitative estimate of drug-likeness (QED) is 0.813. The Morgan fingerprint density at radius 3 is 2.32 bits per heavy atom. The first-order valence-electron chi connectivity index (χ1n) is 9.51. The Morgan fingerprint density at radius 1 is 0.964 bits per heavy atom. The van der Waals surface area contributed by atoms with Crippen LogP contribution >= 0.6 is 0 Å². The van der Waals surface area contributed by atoms with Crippen LogP contribution in [0, 0.1) is 12.7 Å². The number of halogens is 1. The fraction of sp³-hybridized carbons (Fsp3) is 0.364. The average Bonchev–Trinajstić information content (AvgIpc) is 2.95. The predicted molar refractivity (Wildman–Crippen MR) is 105 cm³/mol. The second-order valence-electron chi connectivity index (χ2n) is 7.02. The van der Waals surface area contributed by atoms with Crippen molar-refractivity contribution in [3.8, 4) is 5.75 Å². The largest absolute Gasteiger partial charge is 0.481 e. The number of hydrogen-bond acceptors (Lipinski definition) is 3. The summed E-state index contributed by atoms with van der Waals surface area (Å²) in [5, 5.41) is 0. The van der Waals surface area contributed by atoms with E-state index in [4.69, 9.17) is 4.74 Å². The fourth-order valence-corrected chi connectivity index (χ4v) is 3.27. The van der Waals surface area contributed by atoms with Crippen LogP contribution in [-0.2, 0) is 4.79 Å². The summed E-state index contributed by atoms with van der Waals surface area (Å²) in [6.45, 7) is 5.53. The SMILES string of the molecule is Cc1ccc(OC(C)C(=O)N2CCCN(C(=O)c3ccccc3F)CC2)cc1. The van der Waals surface area contributed by atoms with Gasteiger partial charge in [-0.05, 0) is 44.5 Å². The van der Waals surface area contributed by atoms with Gasteiger partial charge in [0.05, 0.1) is 5.56 Å². The third kappa shape index (κ3) is 4.68. The van der Waals surface area contributed by atoms with E-state index in [9.17, 15) is 14.0 Å². The molecule has 0 N–H and O–H groups in total. The standard InChI is InChI=1S/C22H25FN2O3/c1-16-8-10-18(11-9-16)28-17(2)21(26)24-12-5-13-25(15-14-24)22(27)19-6-3-4-7-20(19)23/h3-4,6-11,17H,5,12-15H2,1-2H3. The monoisotopic (exact) mass is 384 g/mol. The first kappa shape index (κ1) is 19.9. The van der Waals surface area contributed by atoms with Crippen LogP contribution < -0.4 is 4.74 Å². The molecule has 1 atom stereocenters. The van der Waals surface area contributed by atoms with Crippen LogP contribution in [0.4, 0.5) is 4.39 Å². The van der Waals surface area contributed by atoms with E-state index in [0.29, 0.717) is 38.3 Å². The minimum absolute atomic E-state index is 0.0679. The molecule has 0 saturated carbocycles. The smallest absolute Gasteiger partial charge is 0.263 e. The van der Waals surface area contributed by atoms with Crippen LogP contribution in [0.3, 0.4) is 0 Å². The minimum atomic E-state index is -0.614. The molecule has 0 radical (unpaired) electrons. The Labute approximate surface area is 164 Å². The second kappa shape index (κ2) is 8.87. The molecular formula is C22H25FN2O3. The van der Waals surface area contributed by atoms with Crippen LogP contribution in [-0.4, -0.2) is 53.9 Å². The van der Waals surface area contributed by atoms with Crippen molar-refractivity contribution in [2.24, 2.45) is 0 Å². The highest BCUT2D eigenvalue weighted by molar-refractivity contribution is 5.94. The van der Waals surface area contributed by atoms with E-state index in [-0.39, 0.29) is 17.4 Å². The molecule has 2 amide bonds. The summed E-state index contributed by atoms with van der Waals surface area (Å²) in [5.74, 6) is -0.320. The van der Waals surface area contributed by atoms with Gasteiger partial charge in [0.25, 0.3) is 11.8 Å². The minimum Gasteiger partial charge on any atom is -0.481 e. The Morgan fingerprint density at radius 2 is 1.61 bits per heavy atom. The number of aryl methyl sites for hydroxylation is 1. The lowest BCUT2D eigenvalue weighted by molar-refractivity contribution is -0.137. The molecule has 6 heteroatoms. The number of nitrogens with zero attached hydrogens (tertiary/aromatic N) is 2. The van der Waals surface area contributed by atoms with Crippen molar-refractivity contribution in [1.82, 2.24) is 9.80 Å². The van der Waals surface area contributed by atoms with E-state index in [1.54, 1.807) is 28.9 Å². The van der Waals surface area contributed by atoms with Gasteiger partial charge in [0, 0.05) is 26.2 Å². The summed E-state index contributed by atoms with van der Waals surface area (Å²) in [6.07, 6.45) is 0.0277. The van der Waals surface area contributed by atoms with Gasteiger partial charge in [-0.1, -0.05) is 29.8 Å². The molecule has 148 valence electrons. The fourth-order valence-electron chi connectivity index (χ4n) is 3.27. The van der Waals surface area contributed by atoms with E-state index in [0.717, 1.165) is 5.56 Å². The third-order valence-corrected chi connectivity index (χ3v) is 4.88. The molecule has 1 unspecified atom stereocenters. The van der Waals surface area contributed by atoms with Crippen LogP contribution in [0.25, 0.3) is 0 Å². The summed E-state index contributed by atoms with van der Waals surface area (Å²) in [4.78, 5) is 28.7. The van der Waals surface area contributed by atoms with Gasteiger partial charge in [0.2, 0.25) is 0 Å². The number of benzene rings is 2. The molecule has 0 bridgehead atoms. The molecule has 2 aromatic carbocycles. The predicted octanol–water partition coefficient (Wildman–Crippen LogP) is 3.28. The number of amides is 2. The van der Waals surface area contributed by atoms with Crippen molar-refractivity contribution < 1.29 is 18.7 Å². The van der Waals surface area contributed by atoms with Crippen LogP contribution in [0.5, 0.6) is 5.75 Å². The van der Waals surface area contributed by atoms with E-state index < -0.39 is 11.9 Å². The van der Waals surface area contributed by atoms with Crippen molar-refractivity contribution in [3.05, 3.63) is 65.5 Å². The molecule has 1 saturated heterocycles. The van der Waals surface area contributed by atoms with Gasteiger partial charge in [-0.25, -0.2) is 4.39 Å². The number of carbonyl (C=O) groups is 2. The topological polar surface area (TPSA) is 49.9 Å². The van der Waals surface area contributed by atoms with E-state index in [2.05, 4.69) is 0 Å². The van der Waals surface area contributed by atoms with Crippen molar-refractivity contribution in [1.29, 1.82) is 0 Å². The van der Waals surface area contributed by atoms with Gasteiger partial charge >= 0.3 is 0 Å². The maximum absolute atomic E-state index is 13.9. The molecule has 3 rings (SSSR count). The van der Waals surface area contributed by atoms with Gasteiger partial charge in [-0.3, -0.25) is 9.59 Å². The van der Waals surface area contributed by atoms with Gasteiger partial charge in [0.1, 0.15) is 11.6 Å². The first-order chi connectivity index (χ1) is 13.5. The van der Waals surface area contributed by atoms with Gasteiger partial charge in [0.15, 0.2) is 6.10 Å². The van der Waals surface area contributed by atoms with Crippen molar-refractivity contribution >= 4 is 11.8 Å². The zero-order chi connectivity index (χ0) is 20.1. The molecule has 28 heavy (non-hydrogen) atoms. The zero-order valence-corrected chi connectivity index (χ0v) is 16.2. The zero-order valence-electron chi connectivity index (χ0n) is 16.2. The summed E-state index contributed by atoms with van der Waals surface area (Å²) in [5.41, 5.74) is 1.19. The molecular weight excluding hydrogens is 359 g/mol. The summed E-state index contributed by atoms with van der Waals surface area (Å²) in [7, 11) is 0. The molecule has 0 aliphatic carbocycles. The molecule has 1 heterocycles. The van der Waals surface area contributed by atoms with Crippen molar-refractivity contribution in [2.75, 3.05) is 26.2 Å². The highest BCUT2D eigenvalue weighted by atomic mass is 19.1. The van der Waals surface area contributed by atoms with Gasteiger partial charge in [-0.15, -0.1) is 0 Å². The Balaban J connectivity index is 1.59.